The van der Waals surface area contributed by atoms with Gasteiger partial charge in [0.2, 0.25) is 5.91 Å². The molecular weight excluding hydrogens is 400 g/mol. The molecule has 0 aliphatic heterocycles. The molecule has 8 heteroatoms. The zero-order valence-corrected chi connectivity index (χ0v) is 18.2. The average Bonchev–Trinajstić information content (AvgIpc) is 3.22. The van der Waals surface area contributed by atoms with E-state index in [2.05, 4.69) is 22.4 Å². The van der Waals surface area contributed by atoms with Gasteiger partial charge in [0, 0.05) is 18.2 Å². The number of unbranched alkanes of at least 4 members (excludes halogenated alkanes) is 1. The number of amides is 1. The summed E-state index contributed by atoms with van der Waals surface area (Å²) in [5, 5.41) is 12.3. The molecule has 0 bridgehead atoms. The first-order valence-corrected chi connectivity index (χ1v) is 10.8. The van der Waals surface area contributed by atoms with Gasteiger partial charge in [-0.15, -0.1) is 10.2 Å². The summed E-state index contributed by atoms with van der Waals surface area (Å²) in [6.45, 7) is 2.78. The van der Waals surface area contributed by atoms with E-state index < -0.39 is 0 Å². The predicted octanol–water partition coefficient (Wildman–Crippen LogP) is 3.96. The van der Waals surface area contributed by atoms with Crippen molar-refractivity contribution in [2.45, 2.75) is 24.9 Å². The number of nitrogens with zero attached hydrogens (tertiary/aromatic N) is 3. The van der Waals surface area contributed by atoms with E-state index in [0.29, 0.717) is 29.0 Å². The highest BCUT2D eigenvalue weighted by Crippen LogP contribution is 2.33. The predicted molar refractivity (Wildman–Crippen MR) is 119 cm³/mol. The van der Waals surface area contributed by atoms with Crippen LogP contribution in [0.15, 0.2) is 53.7 Å². The van der Waals surface area contributed by atoms with Crippen molar-refractivity contribution in [2.75, 3.05) is 26.5 Å². The second kappa shape index (κ2) is 10.7. The highest BCUT2D eigenvalue weighted by Gasteiger charge is 2.18. The smallest absolute Gasteiger partial charge is 0.230 e. The Labute approximate surface area is 180 Å². The average molecular weight is 427 g/mol. The number of aromatic nitrogens is 3. The molecule has 1 N–H and O–H groups in total. The summed E-state index contributed by atoms with van der Waals surface area (Å²) in [7, 11) is 3.20. The number of hydrogen-bond acceptors (Lipinski definition) is 6. The third kappa shape index (κ3) is 5.13. The number of carbonyl (C=O) groups is 1. The molecule has 0 aliphatic carbocycles. The fourth-order valence-corrected chi connectivity index (χ4v) is 3.70. The molecule has 158 valence electrons. The van der Waals surface area contributed by atoms with Gasteiger partial charge in [-0.2, -0.15) is 0 Å². The quantitative estimate of drug-likeness (QED) is 0.391. The Morgan fingerprint density at radius 1 is 1.07 bits per heavy atom. The molecule has 0 radical (unpaired) electrons. The largest absolute Gasteiger partial charge is 0.493 e. The number of hydrogen-bond donors (Lipinski definition) is 1. The van der Waals surface area contributed by atoms with Crippen LogP contribution in [0.4, 0.5) is 0 Å². The number of rotatable bonds is 10. The maximum absolute atomic E-state index is 12.2. The Hall–Kier alpha value is -3.00. The monoisotopic (exact) mass is 426 g/mol. The minimum Gasteiger partial charge on any atom is -0.493 e. The van der Waals surface area contributed by atoms with Gasteiger partial charge < -0.3 is 14.8 Å². The Kier molecular flexibility index (Phi) is 7.73. The summed E-state index contributed by atoms with van der Waals surface area (Å²) < 4.78 is 12.8. The van der Waals surface area contributed by atoms with Crippen molar-refractivity contribution in [3.05, 3.63) is 48.5 Å². The van der Waals surface area contributed by atoms with Crippen molar-refractivity contribution in [1.29, 1.82) is 0 Å². The molecule has 0 atom stereocenters. The van der Waals surface area contributed by atoms with Gasteiger partial charge in [0.15, 0.2) is 22.5 Å². The zero-order valence-electron chi connectivity index (χ0n) is 17.4. The molecule has 2 aromatic carbocycles. The maximum atomic E-state index is 12.2. The van der Waals surface area contributed by atoms with Gasteiger partial charge in [-0.1, -0.05) is 55.4 Å². The highest BCUT2D eigenvalue weighted by atomic mass is 32.2. The van der Waals surface area contributed by atoms with Crippen LogP contribution in [0.25, 0.3) is 17.1 Å². The van der Waals surface area contributed by atoms with Crippen LogP contribution in [0.1, 0.15) is 19.8 Å². The van der Waals surface area contributed by atoms with Gasteiger partial charge in [0.1, 0.15) is 0 Å². The molecule has 0 fully saturated rings. The van der Waals surface area contributed by atoms with E-state index in [-0.39, 0.29) is 11.7 Å². The summed E-state index contributed by atoms with van der Waals surface area (Å²) in [6, 6.07) is 15.5. The second-order valence-electron chi connectivity index (χ2n) is 6.54. The molecule has 0 aliphatic rings. The molecule has 1 heterocycles. The van der Waals surface area contributed by atoms with Crippen molar-refractivity contribution >= 4 is 17.7 Å². The third-order valence-electron chi connectivity index (χ3n) is 4.48. The fourth-order valence-electron chi connectivity index (χ4n) is 2.92. The molecule has 1 amide bonds. The lowest BCUT2D eigenvalue weighted by Crippen LogP contribution is -2.26. The van der Waals surface area contributed by atoms with Gasteiger partial charge in [-0.25, -0.2) is 0 Å². The molecule has 7 nitrogen and oxygen atoms in total. The van der Waals surface area contributed by atoms with E-state index in [1.807, 2.05) is 53.1 Å². The summed E-state index contributed by atoms with van der Waals surface area (Å²) in [6.07, 6.45) is 2.01. The Morgan fingerprint density at radius 3 is 2.53 bits per heavy atom. The van der Waals surface area contributed by atoms with E-state index >= 15 is 0 Å². The lowest BCUT2D eigenvalue weighted by Gasteiger charge is -2.13. The van der Waals surface area contributed by atoms with E-state index in [1.165, 1.54) is 11.8 Å². The summed E-state index contributed by atoms with van der Waals surface area (Å²) >= 11 is 1.35. The second-order valence-corrected chi connectivity index (χ2v) is 7.48. The normalized spacial score (nSPS) is 10.6. The molecular formula is C22H26N4O3S. The Balaban J connectivity index is 1.94. The number of carbonyl (C=O) groups excluding carboxylic acids is 1. The van der Waals surface area contributed by atoms with Gasteiger partial charge in [-0.05, 0) is 18.6 Å². The van der Waals surface area contributed by atoms with Gasteiger partial charge in [0.25, 0.3) is 0 Å². The van der Waals surface area contributed by atoms with Gasteiger partial charge >= 0.3 is 0 Å². The first-order chi connectivity index (χ1) is 14.7. The lowest BCUT2D eigenvalue weighted by atomic mass is 10.2. The van der Waals surface area contributed by atoms with Crippen LogP contribution in [0.3, 0.4) is 0 Å². The molecule has 1 aromatic heterocycles. The van der Waals surface area contributed by atoms with E-state index in [0.717, 1.165) is 24.1 Å². The van der Waals surface area contributed by atoms with Gasteiger partial charge in [-0.3, -0.25) is 9.36 Å². The van der Waals surface area contributed by atoms with Crippen LogP contribution in [0, 0.1) is 0 Å². The molecule has 0 saturated carbocycles. The summed E-state index contributed by atoms with van der Waals surface area (Å²) in [5.41, 5.74) is 1.75. The van der Waals surface area contributed by atoms with E-state index in [9.17, 15) is 4.79 Å². The fraction of sp³-hybridized carbons (Fsp3) is 0.318. The van der Waals surface area contributed by atoms with Crippen molar-refractivity contribution in [1.82, 2.24) is 20.1 Å². The van der Waals surface area contributed by atoms with Crippen LogP contribution in [-0.2, 0) is 4.79 Å². The van der Waals surface area contributed by atoms with Gasteiger partial charge in [0.05, 0.1) is 25.7 Å². The molecule has 3 aromatic rings. The number of nitrogens with one attached hydrogen (secondary N) is 1. The van der Waals surface area contributed by atoms with Crippen molar-refractivity contribution in [2.24, 2.45) is 0 Å². The molecule has 3 rings (SSSR count). The SMILES string of the molecule is CCCCNC(=O)CSc1nnc(-c2ccccc2)n1-c1ccc(OC)c(OC)c1. The van der Waals surface area contributed by atoms with Crippen LogP contribution < -0.4 is 14.8 Å². The molecule has 0 unspecified atom stereocenters. The molecule has 0 saturated heterocycles. The maximum Gasteiger partial charge on any atom is 0.230 e. The number of thioether (sulfide) groups is 1. The van der Waals surface area contributed by atoms with Crippen LogP contribution in [-0.4, -0.2) is 47.2 Å². The molecule has 30 heavy (non-hydrogen) atoms. The van der Waals surface area contributed by atoms with Crippen LogP contribution >= 0.6 is 11.8 Å². The number of methoxy groups -OCH3 is 2. The minimum absolute atomic E-state index is 0.0171. The zero-order chi connectivity index (χ0) is 21.3. The Bertz CT molecular complexity index is 976. The number of ether oxygens (including phenoxy) is 2. The Morgan fingerprint density at radius 2 is 1.83 bits per heavy atom. The standard InChI is InChI=1S/C22H26N4O3S/c1-4-5-13-23-20(27)15-30-22-25-24-21(16-9-7-6-8-10-16)26(22)17-11-12-18(28-2)19(14-17)29-3/h6-12,14H,4-5,13,15H2,1-3H3,(H,23,27). The van der Waals surface area contributed by atoms with Crippen molar-refractivity contribution in [3.8, 4) is 28.6 Å². The first-order valence-electron chi connectivity index (χ1n) is 9.80. The van der Waals surface area contributed by atoms with E-state index in [1.54, 1.807) is 14.2 Å². The summed E-state index contributed by atoms with van der Waals surface area (Å²) in [5.74, 6) is 2.19. The van der Waals surface area contributed by atoms with Crippen molar-refractivity contribution < 1.29 is 14.3 Å². The van der Waals surface area contributed by atoms with Crippen LogP contribution in [0.5, 0.6) is 11.5 Å². The topological polar surface area (TPSA) is 78.3 Å². The van der Waals surface area contributed by atoms with Crippen LogP contribution in [0.2, 0.25) is 0 Å². The van der Waals surface area contributed by atoms with E-state index in [4.69, 9.17) is 9.47 Å². The minimum atomic E-state index is -0.0171. The highest BCUT2D eigenvalue weighted by molar-refractivity contribution is 7.99. The van der Waals surface area contributed by atoms with Crippen molar-refractivity contribution in [3.63, 3.8) is 0 Å². The summed E-state index contributed by atoms with van der Waals surface area (Å²) in [4.78, 5) is 12.2. The number of benzene rings is 2. The third-order valence-corrected chi connectivity index (χ3v) is 5.40. The lowest BCUT2D eigenvalue weighted by molar-refractivity contribution is -0.118. The first kappa shape index (κ1) is 21.7. The molecule has 0 spiro atoms.